The number of hydrogen-bond acceptors (Lipinski definition) is 1. The first-order valence-corrected chi connectivity index (χ1v) is 5.18. The molecular weight excluding hydrogens is 252 g/mol. The molecule has 0 aromatic heterocycles. The van der Waals surface area contributed by atoms with Crippen molar-refractivity contribution in [3.63, 3.8) is 0 Å². The number of halogens is 3. The van der Waals surface area contributed by atoms with Crippen molar-refractivity contribution >= 4 is 15.9 Å². The highest BCUT2D eigenvalue weighted by Crippen LogP contribution is 2.23. The van der Waals surface area contributed by atoms with E-state index in [-0.39, 0.29) is 16.0 Å². The molecule has 78 valence electrons. The van der Waals surface area contributed by atoms with Crippen molar-refractivity contribution in [3.8, 4) is 0 Å². The van der Waals surface area contributed by atoms with Crippen molar-refractivity contribution in [2.24, 2.45) is 11.7 Å². The van der Waals surface area contributed by atoms with Crippen LogP contribution in [0.2, 0.25) is 0 Å². The molecule has 1 unspecified atom stereocenters. The molecule has 0 amide bonds. The monoisotopic (exact) mass is 263 g/mol. The first kappa shape index (κ1) is 11.6. The van der Waals surface area contributed by atoms with Crippen molar-refractivity contribution in [1.82, 2.24) is 0 Å². The summed E-state index contributed by atoms with van der Waals surface area (Å²) in [6.45, 7) is 2.28. The summed E-state index contributed by atoms with van der Waals surface area (Å²) in [4.78, 5) is 0. The van der Waals surface area contributed by atoms with Gasteiger partial charge in [-0.15, -0.1) is 0 Å². The lowest BCUT2D eigenvalue weighted by Gasteiger charge is -2.10. The molecule has 1 aromatic carbocycles. The van der Waals surface area contributed by atoms with Crippen LogP contribution in [0.15, 0.2) is 16.6 Å². The zero-order valence-electron chi connectivity index (χ0n) is 7.86. The summed E-state index contributed by atoms with van der Waals surface area (Å²) in [6.07, 6.45) is 0.327. The van der Waals surface area contributed by atoms with Gasteiger partial charge in [-0.05, 0) is 46.9 Å². The molecule has 1 atom stereocenters. The van der Waals surface area contributed by atoms with Gasteiger partial charge in [-0.1, -0.05) is 6.92 Å². The maximum Gasteiger partial charge on any atom is 0.143 e. The molecule has 0 aliphatic heterocycles. The van der Waals surface area contributed by atoms with E-state index >= 15 is 0 Å². The van der Waals surface area contributed by atoms with E-state index in [9.17, 15) is 8.78 Å². The van der Waals surface area contributed by atoms with E-state index in [2.05, 4.69) is 15.9 Å². The average molecular weight is 264 g/mol. The summed E-state index contributed by atoms with van der Waals surface area (Å²) in [6, 6.07) is 2.62. The van der Waals surface area contributed by atoms with Crippen molar-refractivity contribution in [2.45, 2.75) is 13.3 Å². The largest absolute Gasteiger partial charge is 0.330 e. The molecule has 4 heteroatoms. The Kier molecular flexibility index (Phi) is 4.01. The molecule has 2 N–H and O–H groups in total. The molecule has 1 aromatic rings. The number of rotatable bonds is 3. The van der Waals surface area contributed by atoms with Gasteiger partial charge in [-0.3, -0.25) is 0 Å². The number of hydrogen-bond donors (Lipinski definition) is 1. The maximum absolute atomic E-state index is 13.4. The highest BCUT2D eigenvalue weighted by molar-refractivity contribution is 9.10. The highest BCUT2D eigenvalue weighted by Gasteiger charge is 2.14. The summed E-state index contributed by atoms with van der Waals surface area (Å²) in [5.74, 6) is -0.954. The predicted octanol–water partition coefficient (Wildman–Crippen LogP) is 2.86. The van der Waals surface area contributed by atoms with Crippen molar-refractivity contribution in [1.29, 1.82) is 0 Å². The standard InChI is InChI=1S/C10H12BrF2N/c1-6(5-14)4-7-9(12)3-2-8(11)10(7)13/h2-3,6H,4-5,14H2,1H3. The molecule has 0 aliphatic carbocycles. The van der Waals surface area contributed by atoms with E-state index in [0.717, 1.165) is 0 Å². The van der Waals surface area contributed by atoms with Crippen LogP contribution < -0.4 is 5.73 Å². The van der Waals surface area contributed by atoms with E-state index < -0.39 is 11.6 Å². The van der Waals surface area contributed by atoms with E-state index in [0.29, 0.717) is 13.0 Å². The van der Waals surface area contributed by atoms with Gasteiger partial charge in [0.1, 0.15) is 11.6 Å². The van der Waals surface area contributed by atoms with Gasteiger partial charge < -0.3 is 5.73 Å². The Morgan fingerprint density at radius 1 is 1.43 bits per heavy atom. The fourth-order valence-corrected chi connectivity index (χ4v) is 1.56. The lowest BCUT2D eigenvalue weighted by molar-refractivity contribution is 0.509. The van der Waals surface area contributed by atoms with Crippen LogP contribution in [-0.2, 0) is 6.42 Å². The zero-order chi connectivity index (χ0) is 10.7. The number of benzene rings is 1. The normalized spacial score (nSPS) is 12.9. The van der Waals surface area contributed by atoms with Crippen LogP contribution in [0.1, 0.15) is 12.5 Å². The molecule has 0 saturated heterocycles. The summed E-state index contributed by atoms with van der Waals surface area (Å²) in [7, 11) is 0. The van der Waals surface area contributed by atoms with Gasteiger partial charge in [-0.2, -0.15) is 0 Å². The third-order valence-electron chi connectivity index (χ3n) is 2.09. The lowest BCUT2D eigenvalue weighted by Crippen LogP contribution is -2.14. The molecule has 1 nitrogen and oxygen atoms in total. The molecule has 0 bridgehead atoms. The van der Waals surface area contributed by atoms with Gasteiger partial charge in [0.15, 0.2) is 0 Å². The molecule has 0 heterocycles. The van der Waals surface area contributed by atoms with Gasteiger partial charge >= 0.3 is 0 Å². The summed E-state index contributed by atoms with van der Waals surface area (Å²) in [5, 5.41) is 0. The summed E-state index contributed by atoms with van der Waals surface area (Å²) >= 11 is 3.02. The first-order chi connectivity index (χ1) is 6.56. The molecule has 0 radical (unpaired) electrons. The van der Waals surface area contributed by atoms with Crippen LogP contribution in [0.5, 0.6) is 0 Å². The van der Waals surface area contributed by atoms with Gasteiger partial charge in [0.05, 0.1) is 4.47 Å². The van der Waals surface area contributed by atoms with Crippen LogP contribution >= 0.6 is 15.9 Å². The molecule has 14 heavy (non-hydrogen) atoms. The predicted molar refractivity (Wildman–Crippen MR) is 56.0 cm³/mol. The van der Waals surface area contributed by atoms with Crippen molar-refractivity contribution in [3.05, 3.63) is 33.8 Å². The van der Waals surface area contributed by atoms with E-state index in [1.54, 1.807) is 0 Å². The SMILES string of the molecule is CC(CN)Cc1c(F)ccc(Br)c1F. The van der Waals surface area contributed by atoms with E-state index in [1.807, 2.05) is 6.92 Å². The van der Waals surface area contributed by atoms with Crippen LogP contribution in [0.3, 0.4) is 0 Å². The Bertz CT molecular complexity index is 328. The Hall–Kier alpha value is -0.480. The van der Waals surface area contributed by atoms with Gasteiger partial charge in [0.2, 0.25) is 0 Å². The quantitative estimate of drug-likeness (QED) is 0.834. The average Bonchev–Trinajstić information content (AvgIpc) is 2.18. The smallest absolute Gasteiger partial charge is 0.143 e. The fraction of sp³-hybridized carbons (Fsp3) is 0.400. The van der Waals surface area contributed by atoms with Crippen LogP contribution in [0.4, 0.5) is 8.78 Å². The third-order valence-corrected chi connectivity index (χ3v) is 2.71. The Morgan fingerprint density at radius 3 is 2.64 bits per heavy atom. The molecule has 1 rings (SSSR count). The fourth-order valence-electron chi connectivity index (χ4n) is 1.19. The molecular formula is C10H12BrF2N. The van der Waals surface area contributed by atoms with Gasteiger partial charge in [0, 0.05) is 5.56 Å². The summed E-state index contributed by atoms with van der Waals surface area (Å²) in [5.41, 5.74) is 5.51. The van der Waals surface area contributed by atoms with Crippen molar-refractivity contribution in [2.75, 3.05) is 6.54 Å². The molecule has 0 spiro atoms. The zero-order valence-corrected chi connectivity index (χ0v) is 9.44. The lowest BCUT2D eigenvalue weighted by atomic mass is 10.0. The van der Waals surface area contributed by atoms with E-state index in [4.69, 9.17) is 5.73 Å². The minimum Gasteiger partial charge on any atom is -0.330 e. The topological polar surface area (TPSA) is 26.0 Å². The molecule has 0 aliphatic rings. The minimum atomic E-state index is -0.523. The number of nitrogens with two attached hydrogens (primary N) is 1. The minimum absolute atomic E-state index is 0.0771. The first-order valence-electron chi connectivity index (χ1n) is 4.38. The Balaban J connectivity index is 3.00. The highest BCUT2D eigenvalue weighted by atomic mass is 79.9. The van der Waals surface area contributed by atoms with Crippen LogP contribution in [-0.4, -0.2) is 6.54 Å². The Morgan fingerprint density at radius 2 is 2.07 bits per heavy atom. The molecule has 0 saturated carbocycles. The van der Waals surface area contributed by atoms with Crippen LogP contribution in [0, 0.1) is 17.6 Å². The van der Waals surface area contributed by atoms with Gasteiger partial charge in [0.25, 0.3) is 0 Å². The maximum atomic E-state index is 13.4. The molecule has 0 fully saturated rings. The second-order valence-corrected chi connectivity index (χ2v) is 4.22. The second kappa shape index (κ2) is 4.84. The van der Waals surface area contributed by atoms with Crippen LogP contribution in [0.25, 0.3) is 0 Å². The van der Waals surface area contributed by atoms with E-state index in [1.165, 1.54) is 12.1 Å². The third kappa shape index (κ3) is 2.51. The van der Waals surface area contributed by atoms with Crippen molar-refractivity contribution < 1.29 is 8.78 Å². The second-order valence-electron chi connectivity index (χ2n) is 3.37. The summed E-state index contributed by atoms with van der Waals surface area (Å²) < 4.78 is 26.9. The Labute approximate surface area is 90.4 Å². The van der Waals surface area contributed by atoms with Gasteiger partial charge in [-0.25, -0.2) is 8.78 Å².